The van der Waals surface area contributed by atoms with E-state index in [0.29, 0.717) is 18.8 Å². The van der Waals surface area contributed by atoms with E-state index in [-0.39, 0.29) is 30.4 Å². The summed E-state index contributed by atoms with van der Waals surface area (Å²) >= 11 is 0. The van der Waals surface area contributed by atoms with E-state index in [1.165, 1.54) is 6.07 Å². The lowest BCUT2D eigenvalue weighted by Gasteiger charge is -2.17. The molecule has 1 fully saturated rings. The van der Waals surface area contributed by atoms with Gasteiger partial charge in [0.05, 0.1) is 19.1 Å². The molecule has 5 heteroatoms. The van der Waals surface area contributed by atoms with E-state index in [2.05, 4.69) is 5.32 Å². The Kier molecular flexibility index (Phi) is 4.87. The third kappa shape index (κ3) is 3.52. The van der Waals surface area contributed by atoms with Gasteiger partial charge in [-0.2, -0.15) is 0 Å². The van der Waals surface area contributed by atoms with Crippen LogP contribution in [0.25, 0.3) is 0 Å². The van der Waals surface area contributed by atoms with Gasteiger partial charge < -0.3 is 14.8 Å². The Bertz CT molecular complexity index is 438. The number of hydrogen-bond acceptors (Lipinski definition) is 4. The van der Waals surface area contributed by atoms with Gasteiger partial charge in [0.25, 0.3) is 0 Å². The molecule has 2 atom stereocenters. The van der Waals surface area contributed by atoms with Gasteiger partial charge in [0.1, 0.15) is 12.4 Å². The molecule has 0 saturated carbocycles. The van der Waals surface area contributed by atoms with Crippen LogP contribution >= 0.6 is 0 Å². The Morgan fingerprint density at radius 1 is 1.47 bits per heavy atom. The highest BCUT2D eigenvalue weighted by atomic mass is 19.1. The second-order valence-corrected chi connectivity index (χ2v) is 4.51. The molecule has 2 unspecified atom stereocenters. The SMILES string of the molecule is CCNC1COCC1C(=O)OCc1ccccc1F. The predicted molar refractivity (Wildman–Crippen MR) is 68.0 cm³/mol. The van der Waals surface area contributed by atoms with E-state index in [0.717, 1.165) is 6.54 Å². The lowest BCUT2D eigenvalue weighted by atomic mass is 10.0. The number of carbonyl (C=O) groups excluding carboxylic acids is 1. The highest BCUT2D eigenvalue weighted by molar-refractivity contribution is 5.73. The second kappa shape index (κ2) is 6.63. The maximum atomic E-state index is 13.4. The lowest BCUT2D eigenvalue weighted by Crippen LogP contribution is -2.39. The van der Waals surface area contributed by atoms with Crippen molar-refractivity contribution in [3.8, 4) is 0 Å². The van der Waals surface area contributed by atoms with E-state index in [9.17, 15) is 9.18 Å². The molecule has 1 aliphatic heterocycles. The average molecular weight is 267 g/mol. The number of esters is 1. The van der Waals surface area contributed by atoms with Crippen molar-refractivity contribution < 1.29 is 18.7 Å². The van der Waals surface area contributed by atoms with Crippen LogP contribution in [0.4, 0.5) is 4.39 Å². The van der Waals surface area contributed by atoms with Crippen molar-refractivity contribution in [3.63, 3.8) is 0 Å². The summed E-state index contributed by atoms with van der Waals surface area (Å²) in [4.78, 5) is 12.0. The summed E-state index contributed by atoms with van der Waals surface area (Å²) in [6.07, 6.45) is 0. The molecular weight excluding hydrogens is 249 g/mol. The first-order valence-corrected chi connectivity index (χ1v) is 6.43. The average Bonchev–Trinajstić information content (AvgIpc) is 2.86. The fourth-order valence-electron chi connectivity index (χ4n) is 2.12. The fourth-order valence-corrected chi connectivity index (χ4v) is 2.12. The molecule has 19 heavy (non-hydrogen) atoms. The molecule has 1 aliphatic rings. The largest absolute Gasteiger partial charge is 0.460 e. The predicted octanol–water partition coefficient (Wildman–Crippen LogP) is 1.49. The zero-order valence-electron chi connectivity index (χ0n) is 10.9. The molecule has 1 aromatic carbocycles. The van der Waals surface area contributed by atoms with Gasteiger partial charge in [-0.1, -0.05) is 25.1 Å². The molecule has 0 aromatic heterocycles. The number of nitrogens with one attached hydrogen (secondary N) is 1. The first-order chi connectivity index (χ1) is 9.22. The highest BCUT2D eigenvalue weighted by Crippen LogP contribution is 2.17. The van der Waals surface area contributed by atoms with Gasteiger partial charge >= 0.3 is 5.97 Å². The zero-order valence-corrected chi connectivity index (χ0v) is 10.9. The van der Waals surface area contributed by atoms with Crippen LogP contribution in [0.2, 0.25) is 0 Å². The van der Waals surface area contributed by atoms with Gasteiger partial charge in [-0.05, 0) is 12.6 Å². The van der Waals surface area contributed by atoms with E-state index in [1.54, 1.807) is 18.2 Å². The Labute approximate surface area is 111 Å². The lowest BCUT2D eigenvalue weighted by molar-refractivity contribution is -0.150. The normalized spacial score (nSPS) is 22.4. The molecule has 1 N–H and O–H groups in total. The number of rotatable bonds is 5. The zero-order chi connectivity index (χ0) is 13.7. The number of benzene rings is 1. The van der Waals surface area contributed by atoms with Crippen LogP contribution in [-0.4, -0.2) is 31.8 Å². The van der Waals surface area contributed by atoms with Gasteiger partial charge in [0.2, 0.25) is 0 Å². The van der Waals surface area contributed by atoms with Crippen LogP contribution in [0.15, 0.2) is 24.3 Å². The van der Waals surface area contributed by atoms with Gasteiger partial charge in [-0.25, -0.2) is 4.39 Å². The quantitative estimate of drug-likeness (QED) is 0.821. The minimum atomic E-state index is -0.360. The van der Waals surface area contributed by atoms with Crippen LogP contribution in [0.1, 0.15) is 12.5 Å². The van der Waals surface area contributed by atoms with E-state index >= 15 is 0 Å². The Morgan fingerprint density at radius 3 is 3.00 bits per heavy atom. The third-order valence-electron chi connectivity index (χ3n) is 3.18. The van der Waals surface area contributed by atoms with E-state index < -0.39 is 0 Å². The molecule has 1 aromatic rings. The number of hydrogen-bond donors (Lipinski definition) is 1. The molecule has 104 valence electrons. The molecule has 0 aliphatic carbocycles. The minimum Gasteiger partial charge on any atom is -0.460 e. The summed E-state index contributed by atoms with van der Waals surface area (Å²) in [7, 11) is 0. The van der Waals surface area contributed by atoms with Crippen molar-refractivity contribution in [2.75, 3.05) is 19.8 Å². The van der Waals surface area contributed by atoms with Crippen molar-refractivity contribution in [1.29, 1.82) is 0 Å². The molecule has 2 rings (SSSR count). The summed E-state index contributed by atoms with van der Waals surface area (Å²) in [5, 5.41) is 3.19. The number of carbonyl (C=O) groups is 1. The second-order valence-electron chi connectivity index (χ2n) is 4.51. The van der Waals surface area contributed by atoms with Crippen molar-refractivity contribution in [1.82, 2.24) is 5.32 Å². The topological polar surface area (TPSA) is 47.6 Å². The Morgan fingerprint density at radius 2 is 2.26 bits per heavy atom. The molecule has 1 heterocycles. The smallest absolute Gasteiger partial charge is 0.313 e. The molecule has 0 radical (unpaired) electrons. The van der Waals surface area contributed by atoms with Crippen LogP contribution in [-0.2, 0) is 20.9 Å². The molecule has 0 amide bonds. The van der Waals surface area contributed by atoms with Gasteiger partial charge in [0.15, 0.2) is 0 Å². The van der Waals surface area contributed by atoms with Crippen molar-refractivity contribution >= 4 is 5.97 Å². The van der Waals surface area contributed by atoms with Gasteiger partial charge in [0, 0.05) is 11.6 Å². The first-order valence-electron chi connectivity index (χ1n) is 6.43. The van der Waals surface area contributed by atoms with Crippen molar-refractivity contribution in [2.45, 2.75) is 19.6 Å². The van der Waals surface area contributed by atoms with Gasteiger partial charge in [-0.3, -0.25) is 4.79 Å². The van der Waals surface area contributed by atoms with Crippen LogP contribution in [0.3, 0.4) is 0 Å². The van der Waals surface area contributed by atoms with Gasteiger partial charge in [-0.15, -0.1) is 0 Å². The monoisotopic (exact) mass is 267 g/mol. The maximum Gasteiger partial charge on any atom is 0.313 e. The summed E-state index contributed by atoms with van der Waals surface area (Å²) in [5.41, 5.74) is 0.384. The minimum absolute atomic E-state index is 0.0156. The summed E-state index contributed by atoms with van der Waals surface area (Å²) < 4.78 is 23.8. The van der Waals surface area contributed by atoms with Crippen LogP contribution in [0, 0.1) is 11.7 Å². The summed E-state index contributed by atoms with van der Waals surface area (Å²) in [6, 6.07) is 6.26. The van der Waals surface area contributed by atoms with Crippen LogP contribution < -0.4 is 5.32 Å². The number of ether oxygens (including phenoxy) is 2. The molecular formula is C14H18FNO3. The summed E-state index contributed by atoms with van der Waals surface area (Å²) in [6.45, 7) is 3.56. The van der Waals surface area contributed by atoms with E-state index in [4.69, 9.17) is 9.47 Å². The Hall–Kier alpha value is -1.46. The number of likely N-dealkylation sites (N-methyl/N-ethyl adjacent to an activating group) is 1. The first kappa shape index (κ1) is 14.0. The molecule has 1 saturated heterocycles. The van der Waals surface area contributed by atoms with Crippen LogP contribution in [0.5, 0.6) is 0 Å². The highest BCUT2D eigenvalue weighted by Gasteiger charge is 2.34. The summed E-state index contributed by atoms with van der Waals surface area (Å²) in [5.74, 6) is -1.01. The van der Waals surface area contributed by atoms with Crippen molar-refractivity contribution in [2.24, 2.45) is 5.92 Å². The molecule has 4 nitrogen and oxygen atoms in total. The molecule has 0 spiro atoms. The number of halogens is 1. The third-order valence-corrected chi connectivity index (χ3v) is 3.18. The van der Waals surface area contributed by atoms with E-state index in [1.807, 2.05) is 6.92 Å². The maximum absolute atomic E-state index is 13.4. The Balaban J connectivity index is 1.89. The standard InChI is InChI=1S/C14H18FNO3/c1-2-16-13-9-18-8-11(13)14(17)19-7-10-5-3-4-6-12(10)15/h3-6,11,13,16H,2,7-9H2,1H3. The fraction of sp³-hybridized carbons (Fsp3) is 0.500. The van der Waals surface area contributed by atoms with Crippen molar-refractivity contribution in [3.05, 3.63) is 35.6 Å². The molecule has 0 bridgehead atoms.